The Kier molecular flexibility index (Phi) is 7.66. The van der Waals surface area contributed by atoms with Crippen molar-refractivity contribution < 1.29 is 22.7 Å². The smallest absolute Gasteiger partial charge is 0.273 e. The molecule has 4 rings (SSSR count). The van der Waals surface area contributed by atoms with Crippen molar-refractivity contribution in [3.05, 3.63) is 89.3 Å². The highest BCUT2D eigenvalue weighted by atomic mass is 19.1. The first-order valence-corrected chi connectivity index (χ1v) is 11.0. The molecule has 0 fully saturated rings. The van der Waals surface area contributed by atoms with Crippen molar-refractivity contribution in [1.29, 1.82) is 0 Å². The second-order valence-corrected chi connectivity index (χ2v) is 7.93. The van der Waals surface area contributed by atoms with Crippen LogP contribution in [0.3, 0.4) is 0 Å². The number of benzene rings is 2. The lowest BCUT2D eigenvalue weighted by Gasteiger charge is -2.21. The number of oxazole rings is 1. The molecule has 4 aromatic rings. The maximum atomic E-state index is 14.4. The summed E-state index contributed by atoms with van der Waals surface area (Å²) in [6.45, 7) is 1.80. The van der Waals surface area contributed by atoms with Gasteiger partial charge in [-0.2, -0.15) is 0 Å². The van der Waals surface area contributed by atoms with E-state index < -0.39 is 11.6 Å². The molecule has 0 aliphatic rings. The van der Waals surface area contributed by atoms with Gasteiger partial charge < -0.3 is 19.5 Å². The van der Waals surface area contributed by atoms with Crippen LogP contribution in [-0.4, -0.2) is 47.6 Å². The average molecular weight is 469 g/mol. The Morgan fingerprint density at radius 2 is 2.03 bits per heavy atom. The number of carbonyl (C=O) groups is 1. The molecule has 0 aliphatic carbocycles. The summed E-state index contributed by atoms with van der Waals surface area (Å²) >= 11 is 0. The molecule has 0 radical (unpaired) electrons. The Labute approximate surface area is 195 Å². The molecule has 2 aromatic carbocycles. The zero-order chi connectivity index (χ0) is 23.9. The van der Waals surface area contributed by atoms with E-state index in [1.165, 1.54) is 18.4 Å². The summed E-state index contributed by atoms with van der Waals surface area (Å²) in [5.41, 5.74) is 2.70. The number of carbonyl (C=O) groups excluding carboxylic acids is 1. The predicted molar refractivity (Wildman–Crippen MR) is 123 cm³/mol. The van der Waals surface area contributed by atoms with Crippen LogP contribution in [-0.2, 0) is 24.2 Å². The second-order valence-electron chi connectivity index (χ2n) is 7.93. The molecule has 178 valence electrons. The van der Waals surface area contributed by atoms with Gasteiger partial charge in [0.1, 0.15) is 17.9 Å². The Hall–Kier alpha value is -3.56. The normalized spacial score (nSPS) is 11.4. The van der Waals surface area contributed by atoms with Gasteiger partial charge in [0.05, 0.1) is 13.2 Å². The highest BCUT2D eigenvalue weighted by Crippen LogP contribution is 2.20. The summed E-state index contributed by atoms with van der Waals surface area (Å²) in [6.07, 6.45) is 3.96. The molecule has 34 heavy (non-hydrogen) atoms. The van der Waals surface area contributed by atoms with Gasteiger partial charge in [0.2, 0.25) is 5.89 Å². The molecule has 0 saturated heterocycles. The van der Waals surface area contributed by atoms with Crippen molar-refractivity contribution in [2.24, 2.45) is 0 Å². The maximum Gasteiger partial charge on any atom is 0.273 e. The van der Waals surface area contributed by atoms with Gasteiger partial charge in [-0.3, -0.25) is 9.69 Å². The minimum Gasteiger partial charge on any atom is -0.447 e. The fraction of sp³-hybridized carbons (Fsp3) is 0.280. The minimum absolute atomic E-state index is 0.163. The first-order chi connectivity index (χ1) is 16.5. The first-order valence-electron chi connectivity index (χ1n) is 11.0. The van der Waals surface area contributed by atoms with E-state index in [9.17, 15) is 13.6 Å². The first kappa shape index (κ1) is 23.6. The zero-order valence-electron chi connectivity index (χ0n) is 18.8. The number of ether oxygens (including phenoxy) is 1. The molecule has 0 spiro atoms. The quantitative estimate of drug-likeness (QED) is 0.325. The van der Waals surface area contributed by atoms with Gasteiger partial charge >= 0.3 is 0 Å². The van der Waals surface area contributed by atoms with E-state index in [-0.39, 0.29) is 24.7 Å². The van der Waals surface area contributed by atoms with E-state index in [1.807, 2.05) is 35.4 Å². The topological polar surface area (TPSA) is 83.4 Å². The number of aromatic amines is 1. The van der Waals surface area contributed by atoms with Crippen LogP contribution in [0.15, 0.2) is 59.3 Å². The lowest BCUT2D eigenvalue weighted by molar-refractivity contribution is 0.0932. The summed E-state index contributed by atoms with van der Waals surface area (Å²) in [7, 11) is 1.55. The van der Waals surface area contributed by atoms with Gasteiger partial charge in [0, 0.05) is 55.5 Å². The maximum absolute atomic E-state index is 14.4. The molecule has 2 aromatic heterocycles. The van der Waals surface area contributed by atoms with Crippen molar-refractivity contribution >= 4 is 16.8 Å². The summed E-state index contributed by atoms with van der Waals surface area (Å²) in [4.78, 5) is 21.7. The molecule has 0 saturated carbocycles. The molecule has 0 atom stereocenters. The summed E-state index contributed by atoms with van der Waals surface area (Å²) in [5.74, 6) is -1.26. The van der Waals surface area contributed by atoms with Gasteiger partial charge in [-0.25, -0.2) is 13.8 Å². The van der Waals surface area contributed by atoms with Crippen LogP contribution in [0.4, 0.5) is 8.78 Å². The van der Waals surface area contributed by atoms with Crippen molar-refractivity contribution in [3.63, 3.8) is 0 Å². The fourth-order valence-electron chi connectivity index (χ4n) is 3.76. The molecule has 1 amide bonds. The molecule has 9 heteroatoms. The van der Waals surface area contributed by atoms with Crippen LogP contribution in [0.2, 0.25) is 0 Å². The van der Waals surface area contributed by atoms with Gasteiger partial charge in [-0.15, -0.1) is 0 Å². The number of rotatable bonds is 11. The van der Waals surface area contributed by atoms with E-state index in [2.05, 4.69) is 15.3 Å². The number of para-hydroxylation sites is 1. The highest BCUT2D eigenvalue weighted by molar-refractivity contribution is 5.91. The number of hydrogen-bond acceptors (Lipinski definition) is 5. The van der Waals surface area contributed by atoms with Crippen molar-refractivity contribution in [3.8, 4) is 0 Å². The highest BCUT2D eigenvalue weighted by Gasteiger charge is 2.17. The van der Waals surface area contributed by atoms with E-state index in [4.69, 9.17) is 9.15 Å². The van der Waals surface area contributed by atoms with Crippen LogP contribution < -0.4 is 5.32 Å². The Morgan fingerprint density at radius 3 is 2.85 bits per heavy atom. The molecule has 7 nitrogen and oxygen atoms in total. The SMILES string of the molecule is COCCNC(=O)c1coc(CN(CCc2c[nH]c3ccccc23)Cc2ccc(F)cc2F)n1. The van der Waals surface area contributed by atoms with Crippen LogP contribution in [0.25, 0.3) is 10.9 Å². The van der Waals surface area contributed by atoms with Gasteiger partial charge in [0.25, 0.3) is 5.91 Å². The monoisotopic (exact) mass is 468 g/mol. The van der Waals surface area contributed by atoms with Crippen LogP contribution in [0, 0.1) is 11.6 Å². The Balaban J connectivity index is 1.48. The fourth-order valence-corrected chi connectivity index (χ4v) is 3.76. The van der Waals surface area contributed by atoms with Crippen LogP contribution in [0.1, 0.15) is 27.5 Å². The second kappa shape index (κ2) is 11.0. The summed E-state index contributed by atoms with van der Waals surface area (Å²) in [5, 5.41) is 3.82. The summed E-state index contributed by atoms with van der Waals surface area (Å²) in [6, 6.07) is 11.6. The number of hydrogen-bond donors (Lipinski definition) is 2. The molecule has 2 heterocycles. The standard InChI is InChI=1S/C25H26F2N4O3/c1-33-11-9-28-25(32)23-16-34-24(30-23)15-31(14-18-6-7-19(26)12-21(18)27)10-8-17-13-29-22-5-3-2-4-20(17)22/h2-7,12-13,16,29H,8-11,14-15H2,1H3,(H,28,32). The van der Waals surface area contributed by atoms with Gasteiger partial charge in [-0.1, -0.05) is 24.3 Å². The largest absolute Gasteiger partial charge is 0.447 e. The molecular weight excluding hydrogens is 442 g/mol. The van der Waals surface area contributed by atoms with Crippen LogP contribution >= 0.6 is 0 Å². The Bertz CT molecular complexity index is 1250. The van der Waals surface area contributed by atoms with Gasteiger partial charge in [-0.05, 0) is 24.1 Å². The third kappa shape index (κ3) is 5.86. The van der Waals surface area contributed by atoms with E-state index in [0.29, 0.717) is 37.6 Å². The van der Waals surface area contributed by atoms with E-state index >= 15 is 0 Å². The summed E-state index contributed by atoms with van der Waals surface area (Å²) < 4.78 is 38.2. The van der Waals surface area contributed by atoms with Gasteiger partial charge in [0.15, 0.2) is 5.69 Å². The number of H-pyrrole nitrogens is 1. The van der Waals surface area contributed by atoms with E-state index in [1.54, 1.807) is 7.11 Å². The third-order valence-electron chi connectivity index (χ3n) is 5.52. The number of methoxy groups -OCH3 is 1. The van der Waals surface area contributed by atoms with Crippen LogP contribution in [0.5, 0.6) is 0 Å². The zero-order valence-corrected chi connectivity index (χ0v) is 18.8. The van der Waals surface area contributed by atoms with Crippen molar-refractivity contribution in [2.45, 2.75) is 19.5 Å². The lowest BCUT2D eigenvalue weighted by atomic mass is 10.1. The van der Waals surface area contributed by atoms with Crippen molar-refractivity contribution in [2.75, 3.05) is 26.8 Å². The minimum atomic E-state index is -0.622. The molecular formula is C25H26F2N4O3. The number of fused-ring (bicyclic) bond motifs is 1. The number of halogens is 2. The Morgan fingerprint density at radius 1 is 1.18 bits per heavy atom. The molecule has 0 unspecified atom stereocenters. The number of nitrogens with zero attached hydrogens (tertiary/aromatic N) is 2. The number of aromatic nitrogens is 2. The third-order valence-corrected chi connectivity index (χ3v) is 5.52. The number of amides is 1. The lowest BCUT2D eigenvalue weighted by Crippen LogP contribution is -2.28. The molecule has 0 aliphatic heterocycles. The molecule has 0 bridgehead atoms. The van der Waals surface area contributed by atoms with Crippen molar-refractivity contribution in [1.82, 2.24) is 20.2 Å². The predicted octanol–water partition coefficient (Wildman–Crippen LogP) is 4.06. The number of nitrogens with one attached hydrogen (secondary N) is 2. The van der Waals surface area contributed by atoms with E-state index in [0.717, 1.165) is 22.5 Å². The molecule has 2 N–H and O–H groups in total. The average Bonchev–Trinajstić information content (AvgIpc) is 3.46.